The van der Waals surface area contributed by atoms with Crippen molar-refractivity contribution in [2.45, 2.75) is 39.7 Å². The van der Waals surface area contributed by atoms with Crippen LogP contribution in [0, 0.1) is 12.7 Å². The molecule has 0 aliphatic carbocycles. The molecule has 0 saturated heterocycles. The van der Waals surface area contributed by atoms with Gasteiger partial charge in [0, 0.05) is 29.3 Å². The van der Waals surface area contributed by atoms with Gasteiger partial charge in [0.25, 0.3) is 5.91 Å². The van der Waals surface area contributed by atoms with Crippen LogP contribution in [0.1, 0.15) is 53.2 Å². The number of hydrogen-bond donors (Lipinski definition) is 1. The highest BCUT2D eigenvalue weighted by Crippen LogP contribution is 2.37. The van der Waals surface area contributed by atoms with E-state index in [-0.39, 0.29) is 37.2 Å². The first-order valence-electron chi connectivity index (χ1n) is 12.2. The molecule has 3 aromatic rings. The van der Waals surface area contributed by atoms with Gasteiger partial charge in [0.15, 0.2) is 0 Å². The second-order valence-electron chi connectivity index (χ2n) is 9.03. The minimum absolute atomic E-state index is 0.114. The molecular weight excluding hydrogens is 471 g/mol. The summed E-state index contributed by atoms with van der Waals surface area (Å²) in [5.41, 5.74) is 4.60. The molecule has 0 saturated carbocycles. The van der Waals surface area contributed by atoms with E-state index < -0.39 is 11.9 Å². The molecule has 1 unspecified atom stereocenters. The summed E-state index contributed by atoms with van der Waals surface area (Å²) in [6.07, 6.45) is 0.138. The predicted octanol–water partition coefficient (Wildman–Crippen LogP) is 5.74. The number of carbonyl (C=O) groups is 3. The Kier molecular flexibility index (Phi) is 7.82. The van der Waals surface area contributed by atoms with E-state index in [0.717, 1.165) is 16.7 Å². The molecule has 0 aromatic heterocycles. The van der Waals surface area contributed by atoms with Gasteiger partial charge >= 0.3 is 5.97 Å². The van der Waals surface area contributed by atoms with Gasteiger partial charge in [0.05, 0.1) is 18.7 Å². The third-order valence-corrected chi connectivity index (χ3v) is 6.43. The smallest absolute Gasteiger partial charge is 0.336 e. The van der Waals surface area contributed by atoms with Crippen LogP contribution in [-0.4, -0.2) is 29.3 Å². The molecule has 6 nitrogen and oxygen atoms in total. The minimum atomic E-state index is -0.435. The van der Waals surface area contributed by atoms with Crippen molar-refractivity contribution in [3.8, 4) is 0 Å². The van der Waals surface area contributed by atoms with E-state index in [1.54, 1.807) is 36.9 Å². The second-order valence-corrected chi connectivity index (χ2v) is 9.03. The highest BCUT2D eigenvalue weighted by molar-refractivity contribution is 6.04. The first kappa shape index (κ1) is 25.8. The van der Waals surface area contributed by atoms with Crippen molar-refractivity contribution in [2.24, 2.45) is 0 Å². The zero-order valence-corrected chi connectivity index (χ0v) is 21.1. The number of nitrogens with one attached hydrogen (secondary N) is 1. The van der Waals surface area contributed by atoms with E-state index in [1.165, 1.54) is 24.3 Å². The molecule has 190 valence electrons. The molecule has 0 fully saturated rings. The Labute approximate surface area is 215 Å². The van der Waals surface area contributed by atoms with Crippen LogP contribution < -0.4 is 5.32 Å². The Balaban J connectivity index is 1.61. The number of halogens is 1. The molecule has 1 aliphatic heterocycles. The van der Waals surface area contributed by atoms with Gasteiger partial charge in [0.2, 0.25) is 5.91 Å². The van der Waals surface area contributed by atoms with Crippen LogP contribution >= 0.6 is 0 Å². The summed E-state index contributed by atoms with van der Waals surface area (Å²) in [4.78, 5) is 40.6. The Morgan fingerprint density at radius 3 is 2.41 bits per heavy atom. The summed E-state index contributed by atoms with van der Waals surface area (Å²) < 4.78 is 18.5. The molecule has 1 aliphatic rings. The number of anilines is 1. The van der Waals surface area contributed by atoms with Gasteiger partial charge in [-0.25, -0.2) is 9.18 Å². The Bertz CT molecular complexity index is 1350. The lowest BCUT2D eigenvalue weighted by atomic mass is 9.83. The molecule has 0 radical (unpaired) electrons. The molecule has 0 bridgehead atoms. The molecule has 0 spiro atoms. The van der Waals surface area contributed by atoms with Crippen LogP contribution in [0.5, 0.6) is 0 Å². The number of nitrogens with zero attached hydrogens (tertiary/aromatic N) is 1. The Hall–Kier alpha value is -4.26. The van der Waals surface area contributed by atoms with Gasteiger partial charge in [0.1, 0.15) is 5.82 Å². The number of aryl methyl sites for hydroxylation is 1. The SMILES string of the molecule is CCOC(=O)C1=C(C)N(Cc2cccc(C(=O)Nc3ccc(F)cc3)c2)C(=O)CC1c1ccc(C)cc1. The highest BCUT2D eigenvalue weighted by atomic mass is 19.1. The number of ether oxygens (including phenoxy) is 1. The van der Waals surface area contributed by atoms with Crippen LogP contribution in [0.25, 0.3) is 0 Å². The van der Waals surface area contributed by atoms with Crippen LogP contribution in [0.4, 0.5) is 10.1 Å². The summed E-state index contributed by atoms with van der Waals surface area (Å²) in [6, 6.07) is 20.3. The van der Waals surface area contributed by atoms with Crippen molar-refractivity contribution in [1.29, 1.82) is 0 Å². The highest BCUT2D eigenvalue weighted by Gasteiger charge is 2.36. The van der Waals surface area contributed by atoms with E-state index in [9.17, 15) is 18.8 Å². The number of rotatable bonds is 7. The predicted molar refractivity (Wildman–Crippen MR) is 139 cm³/mol. The quantitative estimate of drug-likeness (QED) is 0.420. The number of hydrogen-bond acceptors (Lipinski definition) is 4. The number of benzene rings is 3. The maximum absolute atomic E-state index is 13.3. The fraction of sp³-hybridized carbons (Fsp3) is 0.233. The van der Waals surface area contributed by atoms with Gasteiger partial charge in [-0.1, -0.05) is 42.0 Å². The van der Waals surface area contributed by atoms with Gasteiger partial charge < -0.3 is 15.0 Å². The summed E-state index contributed by atoms with van der Waals surface area (Å²) in [5.74, 6) is -1.68. The Morgan fingerprint density at radius 2 is 1.73 bits per heavy atom. The lowest BCUT2D eigenvalue weighted by Crippen LogP contribution is -2.38. The van der Waals surface area contributed by atoms with Crippen molar-refractivity contribution in [3.05, 3.63) is 112 Å². The topological polar surface area (TPSA) is 75.7 Å². The standard InChI is InChI=1S/C30H29FN2O4/c1-4-37-30(36)28-20(3)33(27(34)17-26(28)22-10-8-19(2)9-11-22)18-21-6-5-7-23(16-21)29(35)32-25-14-12-24(31)13-15-25/h5-16,26H,4,17-18H2,1-3H3,(H,32,35). The van der Waals surface area contributed by atoms with Crippen molar-refractivity contribution in [1.82, 2.24) is 4.90 Å². The van der Waals surface area contributed by atoms with E-state index in [2.05, 4.69) is 5.32 Å². The molecule has 1 heterocycles. The second kappa shape index (κ2) is 11.2. The Morgan fingerprint density at radius 1 is 1.03 bits per heavy atom. The lowest BCUT2D eigenvalue weighted by Gasteiger charge is -2.34. The van der Waals surface area contributed by atoms with Crippen LogP contribution in [0.15, 0.2) is 84.1 Å². The van der Waals surface area contributed by atoms with Gasteiger partial charge in [-0.3, -0.25) is 9.59 Å². The fourth-order valence-corrected chi connectivity index (χ4v) is 4.49. The van der Waals surface area contributed by atoms with Gasteiger partial charge in [-0.2, -0.15) is 0 Å². The average molecular weight is 501 g/mol. The summed E-state index contributed by atoms with van der Waals surface area (Å²) in [7, 11) is 0. The number of esters is 1. The van der Waals surface area contributed by atoms with Crippen molar-refractivity contribution < 1.29 is 23.5 Å². The average Bonchev–Trinajstić information content (AvgIpc) is 2.88. The van der Waals surface area contributed by atoms with E-state index in [1.807, 2.05) is 37.3 Å². The first-order chi connectivity index (χ1) is 17.8. The van der Waals surface area contributed by atoms with Crippen molar-refractivity contribution in [2.75, 3.05) is 11.9 Å². The number of amides is 2. The van der Waals surface area contributed by atoms with Crippen molar-refractivity contribution in [3.63, 3.8) is 0 Å². The molecule has 4 rings (SSSR count). The van der Waals surface area contributed by atoms with E-state index in [4.69, 9.17) is 4.74 Å². The summed E-state index contributed by atoms with van der Waals surface area (Å²) in [5, 5.41) is 2.74. The van der Waals surface area contributed by atoms with Gasteiger partial charge in [-0.15, -0.1) is 0 Å². The zero-order chi connectivity index (χ0) is 26.5. The maximum Gasteiger partial charge on any atom is 0.336 e. The maximum atomic E-state index is 13.3. The molecule has 1 atom stereocenters. The van der Waals surface area contributed by atoms with Gasteiger partial charge in [-0.05, 0) is 68.3 Å². The molecule has 7 heteroatoms. The minimum Gasteiger partial charge on any atom is -0.463 e. The summed E-state index contributed by atoms with van der Waals surface area (Å²) >= 11 is 0. The monoisotopic (exact) mass is 500 g/mol. The third kappa shape index (κ3) is 5.94. The molecular formula is C30H29FN2O4. The molecule has 37 heavy (non-hydrogen) atoms. The van der Waals surface area contributed by atoms with E-state index in [0.29, 0.717) is 22.5 Å². The lowest BCUT2D eigenvalue weighted by molar-refractivity contribution is -0.140. The molecule has 3 aromatic carbocycles. The molecule has 1 N–H and O–H groups in total. The van der Waals surface area contributed by atoms with Crippen LogP contribution in [0.2, 0.25) is 0 Å². The number of allylic oxidation sites excluding steroid dienone is 1. The normalized spacial score (nSPS) is 15.5. The van der Waals surface area contributed by atoms with Crippen molar-refractivity contribution >= 4 is 23.5 Å². The number of carbonyl (C=O) groups excluding carboxylic acids is 3. The largest absolute Gasteiger partial charge is 0.463 e. The zero-order valence-electron chi connectivity index (χ0n) is 21.1. The van der Waals surface area contributed by atoms with Crippen LogP contribution in [-0.2, 0) is 20.9 Å². The first-order valence-corrected chi connectivity index (χ1v) is 12.2. The summed E-state index contributed by atoms with van der Waals surface area (Å²) in [6.45, 7) is 5.93. The van der Waals surface area contributed by atoms with Crippen LogP contribution in [0.3, 0.4) is 0 Å². The third-order valence-electron chi connectivity index (χ3n) is 6.43. The fourth-order valence-electron chi connectivity index (χ4n) is 4.49. The molecule has 2 amide bonds. The van der Waals surface area contributed by atoms with E-state index >= 15 is 0 Å².